The van der Waals surface area contributed by atoms with Gasteiger partial charge in [-0.15, -0.1) is 13.2 Å². The molecule has 0 spiro atoms. The predicted octanol–water partition coefficient (Wildman–Crippen LogP) is 2.81. The van der Waals surface area contributed by atoms with Gasteiger partial charge in [-0.05, 0) is 24.1 Å². The highest BCUT2D eigenvalue weighted by Crippen LogP contribution is 2.23. The Morgan fingerprint density at radius 3 is 2.50 bits per heavy atom. The zero-order valence-corrected chi connectivity index (χ0v) is 12.0. The molecule has 8 heteroatoms. The number of hydrogen-bond donors (Lipinski definition) is 2. The van der Waals surface area contributed by atoms with E-state index in [1.54, 1.807) is 13.8 Å². The lowest BCUT2D eigenvalue weighted by atomic mass is 9.99. The summed E-state index contributed by atoms with van der Waals surface area (Å²) < 4.78 is 40.1. The van der Waals surface area contributed by atoms with Crippen LogP contribution in [0.1, 0.15) is 30.6 Å². The van der Waals surface area contributed by atoms with Crippen molar-refractivity contribution >= 4 is 11.9 Å². The highest BCUT2D eigenvalue weighted by Gasteiger charge is 2.31. The first-order valence-electron chi connectivity index (χ1n) is 6.53. The summed E-state index contributed by atoms with van der Waals surface area (Å²) in [5.41, 5.74) is -0.115. The van der Waals surface area contributed by atoms with Crippen LogP contribution in [0.15, 0.2) is 24.3 Å². The standard InChI is InChI=1S/C14H16F3NO4/c1-3-8(2)11(13(20)21)18-12(19)9-5-4-6-10(7-9)22-14(15,16)17/h4-8,11H,3H2,1-2H3,(H,18,19)(H,20,21)/t8-,11-/m0/s1. The molecule has 1 rings (SSSR count). The van der Waals surface area contributed by atoms with Gasteiger partial charge in [0.05, 0.1) is 0 Å². The van der Waals surface area contributed by atoms with Crippen LogP contribution >= 0.6 is 0 Å². The maximum atomic E-state index is 12.1. The lowest BCUT2D eigenvalue weighted by Crippen LogP contribution is -2.45. The first-order valence-corrected chi connectivity index (χ1v) is 6.53. The molecule has 0 aliphatic rings. The third kappa shape index (κ3) is 5.27. The Balaban J connectivity index is 2.89. The van der Waals surface area contributed by atoms with Gasteiger partial charge in [0.15, 0.2) is 0 Å². The Morgan fingerprint density at radius 1 is 1.36 bits per heavy atom. The Kier molecular flexibility index (Phi) is 5.78. The Bertz CT molecular complexity index is 545. The molecule has 122 valence electrons. The largest absolute Gasteiger partial charge is 0.573 e. The second-order valence-electron chi connectivity index (χ2n) is 4.75. The lowest BCUT2D eigenvalue weighted by Gasteiger charge is -2.20. The van der Waals surface area contributed by atoms with Gasteiger partial charge in [-0.2, -0.15) is 0 Å². The highest BCUT2D eigenvalue weighted by atomic mass is 19.4. The molecule has 5 nitrogen and oxygen atoms in total. The van der Waals surface area contributed by atoms with Crippen LogP contribution in [-0.4, -0.2) is 29.4 Å². The van der Waals surface area contributed by atoms with Crippen LogP contribution in [0, 0.1) is 5.92 Å². The van der Waals surface area contributed by atoms with Crippen molar-refractivity contribution in [1.82, 2.24) is 5.32 Å². The molecule has 0 aliphatic carbocycles. The minimum atomic E-state index is -4.87. The molecule has 0 radical (unpaired) electrons. The molecule has 0 unspecified atom stereocenters. The molecular weight excluding hydrogens is 303 g/mol. The van der Waals surface area contributed by atoms with Gasteiger partial charge in [0.2, 0.25) is 0 Å². The fourth-order valence-electron chi connectivity index (χ4n) is 1.74. The van der Waals surface area contributed by atoms with Crippen LogP contribution in [0.2, 0.25) is 0 Å². The average Bonchev–Trinajstić information content (AvgIpc) is 2.41. The van der Waals surface area contributed by atoms with Crippen LogP contribution in [0.5, 0.6) is 5.75 Å². The van der Waals surface area contributed by atoms with Crippen molar-refractivity contribution in [2.24, 2.45) is 5.92 Å². The number of carboxylic acids is 1. The monoisotopic (exact) mass is 319 g/mol. The fraction of sp³-hybridized carbons (Fsp3) is 0.429. The van der Waals surface area contributed by atoms with E-state index in [1.165, 1.54) is 12.1 Å². The Labute approximate surface area is 125 Å². The zero-order valence-electron chi connectivity index (χ0n) is 12.0. The minimum absolute atomic E-state index is 0.115. The maximum absolute atomic E-state index is 12.1. The molecule has 0 saturated carbocycles. The van der Waals surface area contributed by atoms with Crippen LogP contribution in [0.25, 0.3) is 0 Å². The van der Waals surface area contributed by atoms with Gasteiger partial charge in [-0.3, -0.25) is 4.79 Å². The molecule has 2 atom stereocenters. The van der Waals surface area contributed by atoms with Crippen LogP contribution in [-0.2, 0) is 4.79 Å². The van der Waals surface area contributed by atoms with E-state index in [0.29, 0.717) is 6.42 Å². The number of rotatable bonds is 6. The Morgan fingerprint density at radius 2 is 2.00 bits per heavy atom. The zero-order chi connectivity index (χ0) is 16.9. The second kappa shape index (κ2) is 7.15. The summed E-state index contributed by atoms with van der Waals surface area (Å²) in [7, 11) is 0. The van der Waals surface area contributed by atoms with Crippen LogP contribution in [0.4, 0.5) is 13.2 Å². The first kappa shape index (κ1) is 17.8. The lowest BCUT2D eigenvalue weighted by molar-refractivity contribution is -0.274. The molecule has 1 aromatic carbocycles. The number of hydrogen-bond acceptors (Lipinski definition) is 3. The summed E-state index contributed by atoms with van der Waals surface area (Å²) in [6, 6.07) is 3.32. The van der Waals surface area contributed by atoms with Crippen LogP contribution in [0.3, 0.4) is 0 Å². The number of carboxylic acid groups (broad SMARTS) is 1. The first-order chi connectivity index (χ1) is 10.1. The molecule has 2 N–H and O–H groups in total. The van der Waals surface area contributed by atoms with Crippen LogP contribution < -0.4 is 10.1 Å². The van der Waals surface area contributed by atoms with E-state index in [1.807, 2.05) is 0 Å². The number of carbonyl (C=O) groups excluding carboxylic acids is 1. The molecule has 0 saturated heterocycles. The normalized spacial score (nSPS) is 14.0. The summed E-state index contributed by atoms with van der Waals surface area (Å²) in [5.74, 6) is -2.85. The summed E-state index contributed by atoms with van der Waals surface area (Å²) in [6.07, 6.45) is -4.34. The van der Waals surface area contributed by atoms with Crippen molar-refractivity contribution in [1.29, 1.82) is 0 Å². The van der Waals surface area contributed by atoms with Gasteiger partial charge in [0, 0.05) is 5.56 Å². The van der Waals surface area contributed by atoms with E-state index in [9.17, 15) is 22.8 Å². The number of carbonyl (C=O) groups is 2. The van der Waals surface area contributed by atoms with Gasteiger partial charge in [-0.1, -0.05) is 26.3 Å². The van der Waals surface area contributed by atoms with Crippen molar-refractivity contribution in [3.05, 3.63) is 29.8 Å². The van der Waals surface area contributed by atoms with Crippen molar-refractivity contribution in [3.8, 4) is 5.75 Å². The molecule has 0 fully saturated rings. The maximum Gasteiger partial charge on any atom is 0.573 e. The van der Waals surface area contributed by atoms with Gasteiger partial charge >= 0.3 is 12.3 Å². The number of halogens is 3. The van der Waals surface area contributed by atoms with Gasteiger partial charge in [0.1, 0.15) is 11.8 Å². The molecule has 0 bridgehead atoms. The second-order valence-corrected chi connectivity index (χ2v) is 4.75. The molecule has 0 heterocycles. The number of ether oxygens (including phenoxy) is 1. The molecule has 0 aliphatic heterocycles. The van der Waals surface area contributed by atoms with Gasteiger partial charge < -0.3 is 15.2 Å². The summed E-state index contributed by atoms with van der Waals surface area (Å²) in [5, 5.41) is 11.4. The van der Waals surface area contributed by atoms with Crippen molar-refractivity contribution in [2.45, 2.75) is 32.7 Å². The third-order valence-electron chi connectivity index (χ3n) is 3.10. The molecular formula is C14H16F3NO4. The predicted molar refractivity (Wildman–Crippen MR) is 71.5 cm³/mol. The van der Waals surface area contributed by atoms with E-state index in [4.69, 9.17) is 5.11 Å². The third-order valence-corrected chi connectivity index (χ3v) is 3.10. The number of aliphatic carboxylic acids is 1. The number of nitrogens with one attached hydrogen (secondary N) is 1. The van der Waals surface area contributed by atoms with E-state index in [0.717, 1.165) is 12.1 Å². The molecule has 1 amide bonds. The van der Waals surface area contributed by atoms with Gasteiger partial charge in [0.25, 0.3) is 5.91 Å². The van der Waals surface area contributed by atoms with E-state index in [2.05, 4.69) is 10.1 Å². The molecule has 22 heavy (non-hydrogen) atoms. The highest BCUT2D eigenvalue weighted by molar-refractivity contribution is 5.96. The van der Waals surface area contributed by atoms with E-state index >= 15 is 0 Å². The smallest absolute Gasteiger partial charge is 0.480 e. The number of alkyl halides is 3. The number of benzene rings is 1. The summed E-state index contributed by atoms with van der Waals surface area (Å²) >= 11 is 0. The molecule has 1 aromatic rings. The minimum Gasteiger partial charge on any atom is -0.480 e. The average molecular weight is 319 g/mol. The van der Waals surface area contributed by atoms with Crippen molar-refractivity contribution in [3.63, 3.8) is 0 Å². The quantitative estimate of drug-likeness (QED) is 0.845. The Hall–Kier alpha value is -2.25. The van der Waals surface area contributed by atoms with E-state index < -0.39 is 30.0 Å². The SMILES string of the molecule is CC[C@H](C)[C@H](NC(=O)c1cccc(OC(F)(F)F)c1)C(=O)O. The number of amides is 1. The fourth-order valence-corrected chi connectivity index (χ4v) is 1.74. The topological polar surface area (TPSA) is 75.6 Å². The van der Waals surface area contributed by atoms with Crippen molar-refractivity contribution < 1.29 is 32.6 Å². The van der Waals surface area contributed by atoms with Gasteiger partial charge in [-0.25, -0.2) is 4.79 Å². The molecule has 0 aromatic heterocycles. The van der Waals surface area contributed by atoms with Crippen molar-refractivity contribution in [2.75, 3.05) is 0 Å². The summed E-state index contributed by atoms with van der Waals surface area (Å²) in [6.45, 7) is 3.42. The summed E-state index contributed by atoms with van der Waals surface area (Å²) in [4.78, 5) is 23.1. The van der Waals surface area contributed by atoms with E-state index in [-0.39, 0.29) is 11.5 Å².